The molecule has 2 nitrogen and oxygen atoms in total. The molecule has 0 bridgehead atoms. The highest BCUT2D eigenvalue weighted by molar-refractivity contribution is 5.85. The van der Waals surface area contributed by atoms with Crippen LogP contribution < -0.4 is 5.32 Å². The molecule has 0 radical (unpaired) electrons. The van der Waals surface area contributed by atoms with E-state index in [-0.39, 0.29) is 29.7 Å². The molecule has 0 heterocycles. The molecule has 1 fully saturated rings. The summed E-state index contributed by atoms with van der Waals surface area (Å²) in [5, 5.41) is 3.22. The predicted molar refractivity (Wildman–Crippen MR) is 105 cm³/mol. The lowest BCUT2D eigenvalue weighted by atomic mass is 10.0. The molecule has 1 saturated carbocycles. The number of amides is 1. The fourth-order valence-corrected chi connectivity index (χ4v) is 3.95. The van der Waals surface area contributed by atoms with Crippen LogP contribution >= 0.6 is 0 Å². The molecular weight excluding hydrogens is 318 g/mol. The van der Waals surface area contributed by atoms with E-state index in [9.17, 15) is 4.79 Å². The minimum atomic E-state index is -0.00837. The Labute approximate surface area is 154 Å². The second kappa shape index (κ2) is 7.17. The summed E-state index contributed by atoms with van der Waals surface area (Å²) in [5.74, 6) is 0.637. The van der Waals surface area contributed by atoms with Gasteiger partial charge in [-0.2, -0.15) is 0 Å². The second-order valence-corrected chi connectivity index (χ2v) is 7.04. The van der Waals surface area contributed by atoms with Crippen molar-refractivity contribution in [2.75, 3.05) is 0 Å². The highest BCUT2D eigenvalue weighted by Crippen LogP contribution is 2.60. The van der Waals surface area contributed by atoms with Crippen molar-refractivity contribution in [3.63, 3.8) is 0 Å². The quantitative estimate of drug-likeness (QED) is 0.690. The molecular formula is C24H23NO. The number of carbonyl (C=O) groups is 1. The Morgan fingerprint density at radius 3 is 1.62 bits per heavy atom. The van der Waals surface area contributed by atoms with E-state index in [0.29, 0.717) is 0 Å². The Balaban J connectivity index is 1.56. The van der Waals surface area contributed by atoms with E-state index in [1.807, 2.05) is 37.3 Å². The molecule has 130 valence electrons. The zero-order valence-electron chi connectivity index (χ0n) is 14.9. The molecule has 1 aliphatic carbocycles. The first-order valence-corrected chi connectivity index (χ1v) is 9.21. The van der Waals surface area contributed by atoms with Gasteiger partial charge in [0, 0.05) is 11.8 Å². The molecule has 1 amide bonds. The average Bonchev–Trinajstić information content (AvgIpc) is 3.46. The molecule has 0 spiro atoms. The SMILES string of the molecule is C[C@H](NC(=O)C1[C@H](c2ccccc2)[C@H]1c1ccccc1)c1ccccc1. The van der Waals surface area contributed by atoms with Gasteiger partial charge in [-0.3, -0.25) is 4.79 Å². The van der Waals surface area contributed by atoms with Crippen LogP contribution in [0.5, 0.6) is 0 Å². The topological polar surface area (TPSA) is 29.1 Å². The van der Waals surface area contributed by atoms with Gasteiger partial charge < -0.3 is 5.32 Å². The average molecular weight is 341 g/mol. The number of rotatable bonds is 5. The van der Waals surface area contributed by atoms with Crippen molar-refractivity contribution in [3.8, 4) is 0 Å². The standard InChI is InChI=1S/C24H23NO/c1-17(18-11-5-2-6-12-18)25-24(26)23-21(19-13-7-3-8-14-19)22(23)20-15-9-4-10-16-20/h2-17,21-23H,1H3,(H,25,26)/t17-,21+,22+/m0/s1. The minimum absolute atomic E-state index is 0.00837. The highest BCUT2D eigenvalue weighted by Gasteiger charge is 2.56. The third-order valence-corrected chi connectivity index (χ3v) is 5.35. The fraction of sp³-hybridized carbons (Fsp3) is 0.208. The lowest BCUT2D eigenvalue weighted by Gasteiger charge is -2.14. The van der Waals surface area contributed by atoms with Gasteiger partial charge in [0.05, 0.1) is 12.0 Å². The molecule has 26 heavy (non-hydrogen) atoms. The van der Waals surface area contributed by atoms with E-state index < -0.39 is 0 Å². The second-order valence-electron chi connectivity index (χ2n) is 7.04. The van der Waals surface area contributed by atoms with Crippen molar-refractivity contribution >= 4 is 5.91 Å². The largest absolute Gasteiger partial charge is 0.349 e. The maximum atomic E-state index is 13.0. The maximum Gasteiger partial charge on any atom is 0.224 e. The van der Waals surface area contributed by atoms with Gasteiger partial charge in [0.2, 0.25) is 5.91 Å². The van der Waals surface area contributed by atoms with Crippen molar-refractivity contribution < 1.29 is 4.79 Å². The van der Waals surface area contributed by atoms with Gasteiger partial charge in [-0.25, -0.2) is 0 Å². The number of hydrogen-bond donors (Lipinski definition) is 1. The van der Waals surface area contributed by atoms with Gasteiger partial charge in [-0.15, -0.1) is 0 Å². The van der Waals surface area contributed by atoms with Crippen LogP contribution in [0, 0.1) is 5.92 Å². The first kappa shape index (κ1) is 16.6. The van der Waals surface area contributed by atoms with E-state index in [2.05, 4.69) is 66.0 Å². The van der Waals surface area contributed by atoms with Crippen molar-refractivity contribution in [2.24, 2.45) is 5.92 Å². The number of hydrogen-bond acceptors (Lipinski definition) is 1. The van der Waals surface area contributed by atoms with E-state index in [1.165, 1.54) is 11.1 Å². The van der Waals surface area contributed by atoms with Crippen LogP contribution in [0.2, 0.25) is 0 Å². The summed E-state index contributed by atoms with van der Waals surface area (Å²) in [4.78, 5) is 13.0. The first-order chi connectivity index (χ1) is 12.8. The maximum absolute atomic E-state index is 13.0. The van der Waals surface area contributed by atoms with Gasteiger partial charge >= 0.3 is 0 Å². The van der Waals surface area contributed by atoms with Crippen LogP contribution in [0.4, 0.5) is 0 Å². The molecule has 1 aliphatic rings. The first-order valence-electron chi connectivity index (χ1n) is 9.21. The highest BCUT2D eigenvalue weighted by atomic mass is 16.2. The molecule has 4 rings (SSSR count). The van der Waals surface area contributed by atoms with Crippen molar-refractivity contribution in [2.45, 2.75) is 24.8 Å². The number of benzene rings is 3. The molecule has 3 atom stereocenters. The summed E-state index contributed by atoms with van der Waals surface area (Å²) in [6, 6.07) is 30.9. The lowest BCUT2D eigenvalue weighted by Crippen LogP contribution is -2.28. The van der Waals surface area contributed by atoms with Crippen molar-refractivity contribution in [1.29, 1.82) is 0 Å². The van der Waals surface area contributed by atoms with Crippen LogP contribution in [-0.2, 0) is 4.79 Å². The number of carbonyl (C=O) groups excluding carboxylic acids is 1. The molecule has 0 saturated heterocycles. The third kappa shape index (κ3) is 3.28. The minimum Gasteiger partial charge on any atom is -0.349 e. The van der Waals surface area contributed by atoms with E-state index in [4.69, 9.17) is 0 Å². The van der Waals surface area contributed by atoms with E-state index in [0.717, 1.165) is 5.56 Å². The Morgan fingerprint density at radius 2 is 1.15 bits per heavy atom. The molecule has 0 aliphatic heterocycles. The van der Waals surface area contributed by atoms with Crippen molar-refractivity contribution in [3.05, 3.63) is 108 Å². The summed E-state index contributed by atoms with van der Waals surface area (Å²) in [6.07, 6.45) is 0. The molecule has 2 heteroatoms. The molecule has 3 aromatic rings. The summed E-state index contributed by atoms with van der Waals surface area (Å²) in [6.45, 7) is 2.05. The van der Waals surface area contributed by atoms with Gasteiger partial charge in [-0.05, 0) is 23.6 Å². The zero-order chi connectivity index (χ0) is 17.9. The van der Waals surface area contributed by atoms with Crippen LogP contribution in [0.1, 0.15) is 41.5 Å². The van der Waals surface area contributed by atoms with E-state index >= 15 is 0 Å². The monoisotopic (exact) mass is 341 g/mol. The van der Waals surface area contributed by atoms with Crippen LogP contribution in [-0.4, -0.2) is 5.91 Å². The van der Waals surface area contributed by atoms with Gasteiger partial charge in [0.25, 0.3) is 0 Å². The zero-order valence-corrected chi connectivity index (χ0v) is 14.9. The Kier molecular flexibility index (Phi) is 4.57. The predicted octanol–water partition coefficient (Wildman–Crippen LogP) is 5.06. The van der Waals surface area contributed by atoms with Crippen LogP contribution in [0.25, 0.3) is 0 Å². The van der Waals surface area contributed by atoms with Gasteiger partial charge in [0.1, 0.15) is 0 Å². The normalized spacial score (nSPS) is 22.4. The molecule has 0 unspecified atom stereocenters. The summed E-state index contributed by atoms with van der Waals surface area (Å²) >= 11 is 0. The fourth-order valence-electron chi connectivity index (χ4n) is 3.95. The van der Waals surface area contributed by atoms with Crippen LogP contribution in [0.15, 0.2) is 91.0 Å². The van der Waals surface area contributed by atoms with E-state index in [1.54, 1.807) is 0 Å². The third-order valence-electron chi connectivity index (χ3n) is 5.35. The molecule has 0 aromatic heterocycles. The Bertz CT molecular complexity index is 815. The lowest BCUT2D eigenvalue weighted by molar-refractivity contribution is -0.123. The van der Waals surface area contributed by atoms with Crippen molar-refractivity contribution in [1.82, 2.24) is 5.32 Å². The summed E-state index contributed by atoms with van der Waals surface area (Å²) in [5.41, 5.74) is 3.62. The Morgan fingerprint density at radius 1 is 0.731 bits per heavy atom. The summed E-state index contributed by atoms with van der Waals surface area (Å²) < 4.78 is 0. The molecule has 1 N–H and O–H groups in total. The Hall–Kier alpha value is -2.87. The van der Waals surface area contributed by atoms with Gasteiger partial charge in [0.15, 0.2) is 0 Å². The smallest absolute Gasteiger partial charge is 0.224 e. The summed E-state index contributed by atoms with van der Waals surface area (Å²) in [7, 11) is 0. The van der Waals surface area contributed by atoms with Gasteiger partial charge in [-0.1, -0.05) is 91.0 Å². The number of nitrogens with one attached hydrogen (secondary N) is 1. The van der Waals surface area contributed by atoms with Crippen LogP contribution in [0.3, 0.4) is 0 Å². The molecule has 3 aromatic carbocycles.